The fourth-order valence-electron chi connectivity index (χ4n) is 2.83. The van der Waals surface area contributed by atoms with Crippen molar-refractivity contribution >= 4 is 0 Å². The second kappa shape index (κ2) is 4.74. The second-order valence-corrected chi connectivity index (χ2v) is 5.50. The average molecular weight is 271 g/mol. The lowest BCUT2D eigenvalue weighted by Crippen LogP contribution is -2.35. The fraction of sp³-hybridized carbons (Fsp3) is 0.692. The van der Waals surface area contributed by atoms with Crippen molar-refractivity contribution in [2.45, 2.75) is 37.9 Å². The number of nitrogens with one attached hydrogen (secondary N) is 1. The zero-order valence-corrected chi connectivity index (χ0v) is 10.5. The zero-order chi connectivity index (χ0) is 13.5. The molecule has 1 aliphatic heterocycles. The molecule has 2 heterocycles. The molecule has 3 unspecified atom stereocenters. The third kappa shape index (κ3) is 3.05. The average Bonchev–Trinajstić information content (AvgIpc) is 3.14. The van der Waals surface area contributed by atoms with E-state index in [1.807, 2.05) is 0 Å². The predicted octanol–water partition coefficient (Wildman–Crippen LogP) is 2.43. The summed E-state index contributed by atoms with van der Waals surface area (Å²) in [5, 5.41) is 3.46. The maximum Gasteiger partial charge on any atom is 0.451 e. The van der Waals surface area contributed by atoms with Crippen molar-refractivity contribution in [1.29, 1.82) is 0 Å². The number of fused-ring (bicyclic) bond motifs is 1. The van der Waals surface area contributed by atoms with E-state index in [1.165, 1.54) is 12.6 Å². The van der Waals surface area contributed by atoms with Gasteiger partial charge in [-0.15, -0.1) is 0 Å². The maximum atomic E-state index is 12.5. The first-order valence-electron chi connectivity index (χ1n) is 6.65. The summed E-state index contributed by atoms with van der Waals surface area (Å²) >= 11 is 0. The highest BCUT2D eigenvalue weighted by molar-refractivity contribution is 5.05. The number of halogens is 3. The summed E-state index contributed by atoms with van der Waals surface area (Å²) in [5.74, 6) is 0.665. The third-order valence-electron chi connectivity index (χ3n) is 4.04. The van der Waals surface area contributed by atoms with Gasteiger partial charge < -0.3 is 5.32 Å². The molecule has 3 rings (SSSR count). The molecular weight excluding hydrogens is 255 g/mol. The summed E-state index contributed by atoms with van der Waals surface area (Å²) in [6, 6.07) is 1.99. The monoisotopic (exact) mass is 271 g/mol. The van der Waals surface area contributed by atoms with E-state index in [0.717, 1.165) is 31.2 Å². The molecule has 0 amide bonds. The molecule has 0 spiro atoms. The van der Waals surface area contributed by atoms with Gasteiger partial charge in [0.05, 0.1) is 0 Å². The number of alkyl halides is 3. The van der Waals surface area contributed by atoms with Crippen LogP contribution in [0.25, 0.3) is 0 Å². The minimum atomic E-state index is -4.46. The number of nitrogens with zero attached hydrogens (tertiary/aromatic N) is 2. The number of piperidine rings is 1. The van der Waals surface area contributed by atoms with E-state index in [4.69, 9.17) is 0 Å². The highest BCUT2D eigenvalue weighted by Crippen LogP contribution is 2.44. The van der Waals surface area contributed by atoms with E-state index in [2.05, 4.69) is 15.3 Å². The van der Waals surface area contributed by atoms with Crippen LogP contribution in [0.1, 0.15) is 30.8 Å². The van der Waals surface area contributed by atoms with Crippen LogP contribution in [0.5, 0.6) is 0 Å². The molecular formula is C13H16F3N3. The van der Waals surface area contributed by atoms with Gasteiger partial charge in [-0.1, -0.05) is 0 Å². The summed E-state index contributed by atoms with van der Waals surface area (Å²) in [6.45, 7) is 1.06. The van der Waals surface area contributed by atoms with Gasteiger partial charge in [-0.25, -0.2) is 9.97 Å². The van der Waals surface area contributed by atoms with Gasteiger partial charge in [0.1, 0.15) is 0 Å². The Morgan fingerprint density at radius 3 is 2.84 bits per heavy atom. The Morgan fingerprint density at radius 1 is 1.26 bits per heavy atom. The molecule has 1 N–H and O–H groups in total. The van der Waals surface area contributed by atoms with Crippen LogP contribution in [-0.2, 0) is 12.6 Å². The minimum absolute atomic E-state index is 0.424. The topological polar surface area (TPSA) is 37.8 Å². The number of aromatic nitrogens is 2. The van der Waals surface area contributed by atoms with Crippen molar-refractivity contribution in [3.8, 4) is 0 Å². The smallest absolute Gasteiger partial charge is 0.314 e. The Hall–Kier alpha value is -1.17. The highest BCUT2D eigenvalue weighted by atomic mass is 19.4. The SMILES string of the molecule is FC(F)(F)c1nccc(CCC2CC3CC3CN2)n1. The van der Waals surface area contributed by atoms with Crippen LogP contribution in [-0.4, -0.2) is 22.6 Å². The lowest BCUT2D eigenvalue weighted by atomic mass is 9.99. The molecule has 1 aromatic heterocycles. The van der Waals surface area contributed by atoms with E-state index in [0.29, 0.717) is 18.2 Å². The Balaban J connectivity index is 1.57. The minimum Gasteiger partial charge on any atom is -0.314 e. The van der Waals surface area contributed by atoms with Crippen molar-refractivity contribution in [3.63, 3.8) is 0 Å². The largest absolute Gasteiger partial charge is 0.451 e. The van der Waals surface area contributed by atoms with Crippen LogP contribution in [0, 0.1) is 11.8 Å². The molecule has 1 aromatic rings. The standard InChI is InChI=1S/C13H16F3N3/c14-13(15,16)12-17-4-3-10(19-12)1-2-11-6-8-5-9(8)7-18-11/h3-4,8-9,11,18H,1-2,5-7H2. The van der Waals surface area contributed by atoms with Gasteiger partial charge in [-0.05, 0) is 50.1 Å². The molecule has 1 saturated carbocycles. The van der Waals surface area contributed by atoms with E-state index in [-0.39, 0.29) is 0 Å². The van der Waals surface area contributed by atoms with Crippen LogP contribution in [0.4, 0.5) is 13.2 Å². The van der Waals surface area contributed by atoms with Gasteiger partial charge in [0, 0.05) is 17.9 Å². The quantitative estimate of drug-likeness (QED) is 0.917. The number of rotatable bonds is 3. The molecule has 0 bridgehead atoms. The Labute approximate surface area is 109 Å². The highest BCUT2D eigenvalue weighted by Gasteiger charge is 2.41. The van der Waals surface area contributed by atoms with Gasteiger partial charge in [0.2, 0.25) is 5.82 Å². The molecule has 1 aliphatic carbocycles. The van der Waals surface area contributed by atoms with Crippen molar-refractivity contribution in [2.24, 2.45) is 11.8 Å². The number of hydrogen-bond donors (Lipinski definition) is 1. The molecule has 3 nitrogen and oxygen atoms in total. The molecule has 6 heteroatoms. The van der Waals surface area contributed by atoms with Crippen molar-refractivity contribution < 1.29 is 13.2 Å². The molecule has 2 fully saturated rings. The Kier molecular flexibility index (Phi) is 3.20. The molecule has 1 saturated heterocycles. The number of aryl methyl sites for hydroxylation is 1. The Morgan fingerprint density at radius 2 is 2.11 bits per heavy atom. The zero-order valence-electron chi connectivity index (χ0n) is 10.5. The van der Waals surface area contributed by atoms with E-state index >= 15 is 0 Å². The van der Waals surface area contributed by atoms with Gasteiger partial charge >= 0.3 is 6.18 Å². The van der Waals surface area contributed by atoms with E-state index in [9.17, 15) is 13.2 Å². The lowest BCUT2D eigenvalue weighted by molar-refractivity contribution is -0.145. The third-order valence-corrected chi connectivity index (χ3v) is 4.04. The molecule has 104 valence electrons. The molecule has 2 aliphatic rings. The van der Waals surface area contributed by atoms with Crippen LogP contribution in [0.3, 0.4) is 0 Å². The van der Waals surface area contributed by atoms with Crippen molar-refractivity contribution in [2.75, 3.05) is 6.54 Å². The van der Waals surface area contributed by atoms with Crippen molar-refractivity contribution in [1.82, 2.24) is 15.3 Å². The summed E-state index contributed by atoms with van der Waals surface area (Å²) in [5.41, 5.74) is 0.474. The van der Waals surface area contributed by atoms with Gasteiger partial charge in [0.15, 0.2) is 0 Å². The summed E-state index contributed by atoms with van der Waals surface area (Å²) in [6.07, 6.45) is 0.617. The van der Waals surface area contributed by atoms with Crippen LogP contribution in [0.2, 0.25) is 0 Å². The fourth-order valence-corrected chi connectivity index (χ4v) is 2.83. The van der Waals surface area contributed by atoms with Gasteiger partial charge in [0.25, 0.3) is 0 Å². The van der Waals surface area contributed by atoms with E-state index in [1.54, 1.807) is 6.07 Å². The van der Waals surface area contributed by atoms with E-state index < -0.39 is 12.0 Å². The van der Waals surface area contributed by atoms with Crippen molar-refractivity contribution in [3.05, 3.63) is 23.8 Å². The first-order valence-corrected chi connectivity index (χ1v) is 6.65. The van der Waals surface area contributed by atoms with Crippen LogP contribution >= 0.6 is 0 Å². The first kappa shape index (κ1) is 12.8. The predicted molar refractivity (Wildman–Crippen MR) is 63.4 cm³/mol. The molecule has 0 radical (unpaired) electrons. The first-order chi connectivity index (χ1) is 9.02. The number of hydrogen-bond acceptors (Lipinski definition) is 3. The summed E-state index contributed by atoms with van der Waals surface area (Å²) in [7, 11) is 0. The molecule has 3 atom stereocenters. The maximum absolute atomic E-state index is 12.5. The Bertz CT molecular complexity index is 461. The molecule has 19 heavy (non-hydrogen) atoms. The van der Waals surface area contributed by atoms with Crippen LogP contribution < -0.4 is 5.32 Å². The summed E-state index contributed by atoms with van der Waals surface area (Å²) in [4.78, 5) is 6.87. The second-order valence-electron chi connectivity index (χ2n) is 5.50. The van der Waals surface area contributed by atoms with Gasteiger partial charge in [-0.3, -0.25) is 0 Å². The summed E-state index contributed by atoms with van der Waals surface area (Å²) < 4.78 is 37.4. The van der Waals surface area contributed by atoms with Gasteiger partial charge in [-0.2, -0.15) is 13.2 Å². The normalized spacial score (nSPS) is 29.9. The van der Waals surface area contributed by atoms with Crippen LogP contribution in [0.15, 0.2) is 12.3 Å². The lowest BCUT2D eigenvalue weighted by Gasteiger charge is -2.22. The molecule has 0 aromatic carbocycles.